The van der Waals surface area contributed by atoms with Crippen molar-refractivity contribution in [2.75, 3.05) is 12.8 Å². The van der Waals surface area contributed by atoms with Gasteiger partial charge in [0.2, 0.25) is 5.91 Å². The van der Waals surface area contributed by atoms with E-state index in [4.69, 9.17) is 21.0 Å². The summed E-state index contributed by atoms with van der Waals surface area (Å²) in [5.41, 5.74) is 7.60. The van der Waals surface area contributed by atoms with E-state index in [0.29, 0.717) is 40.8 Å². The Morgan fingerprint density at radius 2 is 2.00 bits per heavy atom. The van der Waals surface area contributed by atoms with Crippen LogP contribution in [0, 0.1) is 5.41 Å². The molecule has 0 bridgehead atoms. The van der Waals surface area contributed by atoms with Crippen molar-refractivity contribution in [2.24, 2.45) is 5.73 Å². The number of thioether (sulfide) groups is 1. The number of benzene rings is 1. The fourth-order valence-corrected chi connectivity index (χ4v) is 6.36. The normalized spacial score (nSPS) is 15.4. The molecule has 1 saturated heterocycles. The molecule has 1 fully saturated rings. The number of thiophene rings is 1. The van der Waals surface area contributed by atoms with Gasteiger partial charge in [-0.2, -0.15) is 17.9 Å². The van der Waals surface area contributed by atoms with Crippen LogP contribution in [0.5, 0.6) is 0 Å². The molecule has 0 saturated carbocycles. The van der Waals surface area contributed by atoms with Crippen molar-refractivity contribution in [2.45, 2.75) is 34.5 Å². The number of nitrogens with two attached hydrogens (primary N) is 1. The summed E-state index contributed by atoms with van der Waals surface area (Å²) in [5.74, 6) is -3.08. The lowest BCUT2D eigenvalue weighted by molar-refractivity contribution is -0.192. The first-order valence-corrected chi connectivity index (χ1v) is 14.8. The minimum absolute atomic E-state index is 0.0443. The minimum Gasteiger partial charge on any atom is -0.475 e. The number of carboxylic acids is 1. The molecule has 1 amide bonds. The average molecular weight is 617 g/mol. The van der Waals surface area contributed by atoms with Crippen molar-refractivity contribution >= 4 is 50.8 Å². The smallest absolute Gasteiger partial charge is 0.475 e. The number of rotatable bonds is 8. The Balaban J connectivity index is 0.000000559. The predicted molar refractivity (Wildman–Crippen MR) is 142 cm³/mol. The molecule has 1 aliphatic rings. The molecule has 1 aromatic carbocycles. The van der Waals surface area contributed by atoms with Gasteiger partial charge in [0.15, 0.2) is 5.16 Å². The summed E-state index contributed by atoms with van der Waals surface area (Å²) in [6.07, 6.45) is -1.20. The summed E-state index contributed by atoms with van der Waals surface area (Å²) in [6, 6.07) is 11.3. The van der Waals surface area contributed by atoms with E-state index in [0.717, 1.165) is 16.9 Å². The van der Waals surface area contributed by atoms with Gasteiger partial charge in [0.05, 0.1) is 10.6 Å². The fraction of sp³-hybridized carbons (Fsp3) is 0.261. The number of hydrogen-bond donors (Lipinski definition) is 4. The second kappa shape index (κ2) is 12.8. The molecule has 17 heteroatoms. The number of carbonyl (C=O) groups excluding carboxylic acids is 1. The van der Waals surface area contributed by atoms with Crippen LogP contribution in [0.15, 0.2) is 58.0 Å². The first-order valence-electron chi connectivity index (χ1n) is 11.2. The molecule has 1 aliphatic heterocycles. The third-order valence-corrected chi connectivity index (χ3v) is 9.00. The third-order valence-electron chi connectivity index (χ3n) is 5.36. The second-order valence-corrected chi connectivity index (χ2v) is 12.0. The summed E-state index contributed by atoms with van der Waals surface area (Å²) in [5, 5.41) is 15.3. The molecule has 214 valence electrons. The number of alkyl halides is 3. The molecule has 0 spiro atoms. The van der Waals surface area contributed by atoms with Crippen LogP contribution in [0.2, 0.25) is 0 Å². The van der Waals surface area contributed by atoms with Crippen LogP contribution in [-0.2, 0) is 26.2 Å². The van der Waals surface area contributed by atoms with Gasteiger partial charge in [-0.05, 0) is 42.5 Å². The highest BCUT2D eigenvalue weighted by atomic mass is 32.2. The number of nitrogens with one attached hydrogen (secondary N) is 2. The zero-order valence-electron chi connectivity index (χ0n) is 20.7. The van der Waals surface area contributed by atoms with Crippen LogP contribution in [0.1, 0.15) is 17.5 Å². The standard InChI is InChI=1S/C21H22N6O3S3.C2HF3O2/c1-31-21-24-9-7-15(25-21)17-5-6-18(32-17)33(29,30)26-16-8-10-27(20(16)28)12-13-3-2-4-14(11-13)19(22)23;3-2(4,5)1(6)7/h2-7,9,11,16,26H,8,10,12H2,1H3,(H3,22,23);(H,6,7)/t16-;/m0./s1. The molecule has 40 heavy (non-hydrogen) atoms. The summed E-state index contributed by atoms with van der Waals surface area (Å²) in [4.78, 5) is 32.6. The van der Waals surface area contributed by atoms with E-state index in [-0.39, 0.29) is 16.0 Å². The summed E-state index contributed by atoms with van der Waals surface area (Å²) < 4.78 is 60.3. The Morgan fingerprint density at radius 1 is 1.30 bits per heavy atom. The minimum atomic E-state index is -5.08. The lowest BCUT2D eigenvalue weighted by atomic mass is 10.1. The number of nitrogens with zero attached hydrogens (tertiary/aromatic N) is 3. The van der Waals surface area contributed by atoms with Crippen LogP contribution in [0.4, 0.5) is 13.2 Å². The zero-order valence-corrected chi connectivity index (χ0v) is 23.1. The quantitative estimate of drug-likeness (QED) is 0.128. The number of carbonyl (C=O) groups is 2. The molecule has 1 atom stereocenters. The zero-order chi connectivity index (χ0) is 29.7. The van der Waals surface area contributed by atoms with E-state index >= 15 is 0 Å². The topological polar surface area (TPSA) is 179 Å². The maximum atomic E-state index is 12.9. The lowest BCUT2D eigenvalue weighted by Crippen LogP contribution is -2.41. The number of aliphatic carboxylic acids is 1. The first-order chi connectivity index (χ1) is 18.7. The number of nitrogen functional groups attached to an aromatic ring is 1. The molecule has 3 heterocycles. The highest BCUT2D eigenvalue weighted by Crippen LogP contribution is 2.30. The van der Waals surface area contributed by atoms with Gasteiger partial charge in [0, 0.05) is 24.8 Å². The number of hydrogen-bond acceptors (Lipinski definition) is 9. The highest BCUT2D eigenvalue weighted by molar-refractivity contribution is 7.98. The Hall–Kier alpha value is -3.54. The molecule has 0 unspecified atom stereocenters. The van der Waals surface area contributed by atoms with Crippen molar-refractivity contribution in [1.29, 1.82) is 5.41 Å². The Kier molecular flexibility index (Phi) is 9.88. The average Bonchev–Trinajstić information content (AvgIpc) is 3.53. The van der Waals surface area contributed by atoms with Gasteiger partial charge in [0.1, 0.15) is 16.1 Å². The van der Waals surface area contributed by atoms with Gasteiger partial charge < -0.3 is 15.7 Å². The molecule has 0 radical (unpaired) electrons. The Labute approximate surface area is 235 Å². The molecule has 2 aromatic heterocycles. The number of carboxylic acid groups (broad SMARTS) is 1. The van der Waals surface area contributed by atoms with E-state index in [1.807, 2.05) is 12.3 Å². The van der Waals surface area contributed by atoms with Gasteiger partial charge in [-0.3, -0.25) is 10.2 Å². The van der Waals surface area contributed by atoms with Crippen molar-refractivity contribution in [3.63, 3.8) is 0 Å². The van der Waals surface area contributed by atoms with Gasteiger partial charge in [-0.1, -0.05) is 30.0 Å². The molecule has 0 aliphatic carbocycles. The number of sulfonamides is 1. The van der Waals surface area contributed by atoms with Gasteiger partial charge in [0.25, 0.3) is 10.0 Å². The SMILES string of the molecule is CSc1nccc(-c2ccc(S(=O)(=O)N[C@H]3CCN(Cc4cccc(C(=N)N)c4)C3=O)s2)n1.O=C(O)C(F)(F)F. The van der Waals surface area contributed by atoms with Crippen molar-refractivity contribution in [3.8, 4) is 10.6 Å². The molecule has 3 aromatic rings. The van der Waals surface area contributed by atoms with E-state index < -0.39 is 28.2 Å². The molecule has 11 nitrogen and oxygen atoms in total. The Bertz CT molecular complexity index is 1510. The summed E-state index contributed by atoms with van der Waals surface area (Å²) in [6.45, 7) is 0.761. The highest BCUT2D eigenvalue weighted by Gasteiger charge is 2.38. The molecular weight excluding hydrogens is 593 g/mol. The number of likely N-dealkylation sites (tertiary alicyclic amines) is 1. The van der Waals surface area contributed by atoms with Gasteiger partial charge in [-0.25, -0.2) is 23.2 Å². The summed E-state index contributed by atoms with van der Waals surface area (Å²) in [7, 11) is -3.87. The number of halogens is 3. The Morgan fingerprint density at radius 3 is 2.62 bits per heavy atom. The number of amidine groups is 1. The maximum Gasteiger partial charge on any atom is 0.490 e. The van der Waals surface area contributed by atoms with Gasteiger partial charge >= 0.3 is 12.1 Å². The number of amides is 1. The van der Waals surface area contributed by atoms with Crippen LogP contribution >= 0.6 is 23.1 Å². The first kappa shape index (κ1) is 31.0. The second-order valence-electron chi connectivity index (χ2n) is 8.19. The van der Waals surface area contributed by atoms with Crippen molar-refractivity contribution in [3.05, 3.63) is 59.8 Å². The molecule has 5 N–H and O–H groups in total. The molecular formula is C23H23F3N6O5S3. The third kappa shape index (κ3) is 8.00. The van der Waals surface area contributed by atoms with E-state index in [1.165, 1.54) is 17.8 Å². The van der Waals surface area contributed by atoms with E-state index in [9.17, 15) is 26.4 Å². The van der Waals surface area contributed by atoms with Crippen molar-refractivity contribution in [1.82, 2.24) is 19.6 Å². The van der Waals surface area contributed by atoms with Gasteiger partial charge in [-0.15, -0.1) is 11.3 Å². The maximum absolute atomic E-state index is 12.9. The molecule has 4 rings (SSSR count). The fourth-order valence-electron chi connectivity index (χ4n) is 3.49. The largest absolute Gasteiger partial charge is 0.490 e. The van der Waals surface area contributed by atoms with Crippen LogP contribution in [0.3, 0.4) is 0 Å². The predicted octanol–water partition coefficient (Wildman–Crippen LogP) is 2.92. The van der Waals surface area contributed by atoms with Crippen LogP contribution in [-0.4, -0.2) is 71.1 Å². The van der Waals surface area contributed by atoms with Crippen molar-refractivity contribution < 1.29 is 36.3 Å². The van der Waals surface area contributed by atoms with Crippen LogP contribution in [0.25, 0.3) is 10.6 Å². The van der Waals surface area contributed by atoms with Crippen LogP contribution < -0.4 is 10.5 Å². The lowest BCUT2D eigenvalue weighted by Gasteiger charge is -2.17. The number of aromatic nitrogens is 2. The monoisotopic (exact) mass is 616 g/mol. The van der Waals surface area contributed by atoms with E-state index in [1.54, 1.807) is 41.4 Å². The van der Waals surface area contributed by atoms with E-state index in [2.05, 4.69) is 14.7 Å². The summed E-state index contributed by atoms with van der Waals surface area (Å²) >= 11 is 2.50.